The third-order valence-electron chi connectivity index (χ3n) is 5.94. The van der Waals surface area contributed by atoms with Crippen molar-refractivity contribution in [1.29, 1.82) is 0 Å². The largest absolute Gasteiger partial charge is 0.379 e. The molecule has 28 heavy (non-hydrogen) atoms. The summed E-state index contributed by atoms with van der Waals surface area (Å²) in [6.07, 6.45) is 1.69. The Bertz CT molecular complexity index is 816. The molecule has 2 aliphatic rings. The highest BCUT2D eigenvalue weighted by Gasteiger charge is 2.45. The van der Waals surface area contributed by atoms with Crippen LogP contribution in [0.2, 0.25) is 0 Å². The van der Waals surface area contributed by atoms with E-state index in [1.54, 1.807) is 6.20 Å². The molecule has 0 spiro atoms. The zero-order valence-electron chi connectivity index (χ0n) is 16.5. The Labute approximate surface area is 164 Å². The van der Waals surface area contributed by atoms with Gasteiger partial charge in [0.2, 0.25) is 0 Å². The van der Waals surface area contributed by atoms with Crippen molar-refractivity contribution >= 4 is 0 Å². The second-order valence-corrected chi connectivity index (χ2v) is 8.10. The molecular weight excluding hydrogens is 362 g/mol. The number of hydrogen-bond donors (Lipinski definition) is 1. The summed E-state index contributed by atoms with van der Waals surface area (Å²) in [6, 6.07) is 6.11. The van der Waals surface area contributed by atoms with E-state index in [1.807, 2.05) is 4.90 Å². The molecule has 1 N–H and O–H groups in total. The summed E-state index contributed by atoms with van der Waals surface area (Å²) >= 11 is 0. The van der Waals surface area contributed by atoms with Crippen LogP contribution in [0.25, 0.3) is 11.3 Å². The molecule has 1 aromatic heterocycles. The number of likely N-dealkylation sites (tertiary alicyclic amines) is 1. The number of H-pyrrole nitrogens is 1. The van der Waals surface area contributed by atoms with Crippen LogP contribution >= 0.6 is 0 Å². The van der Waals surface area contributed by atoms with Gasteiger partial charge >= 0.3 is 0 Å². The molecule has 2 fully saturated rings. The first-order valence-corrected chi connectivity index (χ1v) is 9.93. The van der Waals surface area contributed by atoms with Gasteiger partial charge in [0.05, 0.1) is 31.6 Å². The summed E-state index contributed by atoms with van der Waals surface area (Å²) < 4.78 is 33.9. The lowest BCUT2D eigenvalue weighted by atomic mass is 10.0. The SMILES string of the molecule is Cc1ccc(-c2[nH]ncc2CN2CC(F)(F)C[C@H]2CN2CCOCC2)cc1C. The fourth-order valence-electron chi connectivity index (χ4n) is 4.21. The van der Waals surface area contributed by atoms with Gasteiger partial charge in [0.15, 0.2) is 0 Å². The highest BCUT2D eigenvalue weighted by Crippen LogP contribution is 2.35. The number of nitrogens with one attached hydrogen (secondary N) is 1. The molecule has 0 amide bonds. The lowest BCUT2D eigenvalue weighted by molar-refractivity contribution is 0.0107. The summed E-state index contributed by atoms with van der Waals surface area (Å²) in [5.41, 5.74) is 5.37. The fraction of sp³-hybridized carbons (Fsp3) is 0.571. The summed E-state index contributed by atoms with van der Waals surface area (Å²) in [5.74, 6) is -2.64. The third-order valence-corrected chi connectivity index (χ3v) is 5.94. The van der Waals surface area contributed by atoms with Gasteiger partial charge in [-0.2, -0.15) is 5.10 Å². The predicted octanol–water partition coefficient (Wildman–Crippen LogP) is 3.24. The van der Waals surface area contributed by atoms with E-state index in [4.69, 9.17) is 4.74 Å². The number of halogens is 2. The van der Waals surface area contributed by atoms with E-state index in [0.717, 1.165) is 29.9 Å². The van der Waals surface area contributed by atoms with E-state index in [2.05, 4.69) is 47.1 Å². The maximum Gasteiger partial charge on any atom is 0.262 e. The van der Waals surface area contributed by atoms with E-state index in [-0.39, 0.29) is 19.0 Å². The fourth-order valence-corrected chi connectivity index (χ4v) is 4.21. The Morgan fingerprint density at radius 1 is 1.21 bits per heavy atom. The van der Waals surface area contributed by atoms with Crippen molar-refractivity contribution in [3.05, 3.63) is 41.1 Å². The maximum atomic E-state index is 14.2. The monoisotopic (exact) mass is 390 g/mol. The van der Waals surface area contributed by atoms with Crippen molar-refractivity contribution in [2.45, 2.75) is 38.8 Å². The number of rotatable bonds is 5. The Morgan fingerprint density at radius 2 is 2.00 bits per heavy atom. The van der Waals surface area contributed by atoms with E-state index in [0.29, 0.717) is 26.3 Å². The van der Waals surface area contributed by atoms with Crippen molar-refractivity contribution in [2.75, 3.05) is 39.4 Å². The normalized spacial score (nSPS) is 23.4. The number of nitrogens with zero attached hydrogens (tertiary/aromatic N) is 3. The number of aromatic nitrogens is 2. The van der Waals surface area contributed by atoms with Gasteiger partial charge in [-0.25, -0.2) is 8.78 Å². The van der Waals surface area contributed by atoms with Crippen LogP contribution in [0.3, 0.4) is 0 Å². The molecule has 152 valence electrons. The molecule has 4 rings (SSSR count). The Hall–Kier alpha value is -1.83. The summed E-state index contributed by atoms with van der Waals surface area (Å²) in [5, 5.41) is 7.27. The molecule has 2 saturated heterocycles. The first-order valence-electron chi connectivity index (χ1n) is 9.93. The van der Waals surface area contributed by atoms with E-state index >= 15 is 0 Å². The summed E-state index contributed by atoms with van der Waals surface area (Å²) in [7, 11) is 0. The second-order valence-electron chi connectivity index (χ2n) is 8.10. The van der Waals surface area contributed by atoms with E-state index in [9.17, 15) is 8.78 Å². The van der Waals surface area contributed by atoms with Crippen LogP contribution in [0.4, 0.5) is 8.78 Å². The smallest absolute Gasteiger partial charge is 0.262 e. The molecule has 0 saturated carbocycles. The van der Waals surface area contributed by atoms with Gasteiger partial charge < -0.3 is 4.74 Å². The van der Waals surface area contributed by atoms with Crippen molar-refractivity contribution in [2.24, 2.45) is 0 Å². The van der Waals surface area contributed by atoms with Gasteiger partial charge in [0.1, 0.15) is 0 Å². The zero-order valence-corrected chi connectivity index (χ0v) is 16.5. The summed E-state index contributed by atoms with van der Waals surface area (Å²) in [4.78, 5) is 4.16. The van der Waals surface area contributed by atoms with Gasteiger partial charge in [-0.15, -0.1) is 0 Å². The van der Waals surface area contributed by atoms with Crippen molar-refractivity contribution in [1.82, 2.24) is 20.0 Å². The minimum absolute atomic E-state index is 0.0822. The molecule has 0 unspecified atom stereocenters. The molecular formula is C21H28F2N4O. The van der Waals surface area contributed by atoms with E-state index < -0.39 is 5.92 Å². The number of alkyl halides is 2. The third kappa shape index (κ3) is 4.26. The predicted molar refractivity (Wildman–Crippen MR) is 105 cm³/mol. The number of hydrogen-bond acceptors (Lipinski definition) is 4. The molecule has 3 heterocycles. The average Bonchev–Trinajstić information content (AvgIpc) is 3.22. The van der Waals surface area contributed by atoms with Crippen molar-refractivity contribution in [3.63, 3.8) is 0 Å². The number of ether oxygens (including phenoxy) is 1. The lowest BCUT2D eigenvalue weighted by Gasteiger charge is -2.32. The minimum atomic E-state index is -2.64. The Kier molecular flexibility index (Phi) is 5.49. The topological polar surface area (TPSA) is 44.4 Å². The molecule has 0 radical (unpaired) electrons. The van der Waals surface area contributed by atoms with Crippen LogP contribution < -0.4 is 0 Å². The standard InChI is InChI=1S/C21H28F2N4O/c1-15-3-4-17(9-16(15)2)20-18(11-24-25-20)12-27-14-21(22,23)10-19(27)13-26-5-7-28-8-6-26/h3-4,9,11,19H,5-8,10,12-14H2,1-2H3,(H,24,25)/t19-/m0/s1. The van der Waals surface area contributed by atoms with Gasteiger partial charge in [-0.3, -0.25) is 14.9 Å². The van der Waals surface area contributed by atoms with Crippen LogP contribution in [0, 0.1) is 13.8 Å². The maximum absolute atomic E-state index is 14.2. The highest BCUT2D eigenvalue weighted by atomic mass is 19.3. The first kappa shape index (κ1) is 19.5. The van der Waals surface area contributed by atoms with Crippen molar-refractivity contribution < 1.29 is 13.5 Å². The molecule has 7 heteroatoms. The minimum Gasteiger partial charge on any atom is -0.379 e. The molecule has 2 aliphatic heterocycles. The van der Waals surface area contributed by atoms with Gasteiger partial charge in [0.25, 0.3) is 5.92 Å². The molecule has 1 aromatic carbocycles. The summed E-state index contributed by atoms with van der Waals surface area (Å²) in [6.45, 7) is 8.09. The van der Waals surface area contributed by atoms with Crippen molar-refractivity contribution in [3.8, 4) is 11.3 Å². The van der Waals surface area contributed by atoms with E-state index in [1.165, 1.54) is 11.1 Å². The molecule has 0 aliphatic carbocycles. The van der Waals surface area contributed by atoms with Gasteiger partial charge in [-0.1, -0.05) is 12.1 Å². The second kappa shape index (κ2) is 7.89. The number of benzene rings is 1. The number of aromatic amines is 1. The quantitative estimate of drug-likeness (QED) is 0.851. The molecule has 5 nitrogen and oxygen atoms in total. The number of morpholine rings is 1. The molecule has 1 atom stereocenters. The van der Waals surface area contributed by atoms with Crippen LogP contribution in [0.5, 0.6) is 0 Å². The lowest BCUT2D eigenvalue weighted by Crippen LogP contribution is -2.44. The Morgan fingerprint density at radius 3 is 2.75 bits per heavy atom. The molecule has 0 bridgehead atoms. The van der Waals surface area contributed by atoms with Crippen LogP contribution in [0.15, 0.2) is 24.4 Å². The first-order chi connectivity index (χ1) is 13.4. The van der Waals surface area contributed by atoms with Crippen LogP contribution in [-0.2, 0) is 11.3 Å². The molecule has 2 aromatic rings. The average molecular weight is 390 g/mol. The Balaban J connectivity index is 1.52. The van der Waals surface area contributed by atoms with Gasteiger partial charge in [-0.05, 0) is 31.0 Å². The van der Waals surface area contributed by atoms with Gasteiger partial charge in [0, 0.05) is 49.8 Å². The highest BCUT2D eigenvalue weighted by molar-refractivity contribution is 5.64. The van der Waals surface area contributed by atoms with Crippen LogP contribution in [-0.4, -0.2) is 71.4 Å². The number of aryl methyl sites for hydroxylation is 2. The zero-order chi connectivity index (χ0) is 19.7. The van der Waals surface area contributed by atoms with Crippen LogP contribution in [0.1, 0.15) is 23.1 Å².